The predicted molar refractivity (Wildman–Crippen MR) is 119 cm³/mol. The van der Waals surface area contributed by atoms with Gasteiger partial charge < -0.3 is 19.4 Å². The van der Waals surface area contributed by atoms with E-state index in [1.54, 1.807) is 25.7 Å². The number of hydrogen-bond donors (Lipinski definition) is 1. The van der Waals surface area contributed by atoms with Crippen molar-refractivity contribution in [1.29, 1.82) is 0 Å². The van der Waals surface area contributed by atoms with Gasteiger partial charge in [0, 0.05) is 31.9 Å². The summed E-state index contributed by atoms with van der Waals surface area (Å²) in [4.78, 5) is 41.3. The van der Waals surface area contributed by atoms with E-state index in [-0.39, 0.29) is 49.2 Å². The number of amides is 1. The molecule has 2 heterocycles. The first kappa shape index (κ1) is 24.5. The zero-order valence-corrected chi connectivity index (χ0v) is 19.8. The Bertz CT molecular complexity index is 1160. The van der Waals surface area contributed by atoms with Gasteiger partial charge in [-0.2, -0.15) is 4.31 Å². The molecule has 10 nitrogen and oxygen atoms in total. The molecule has 1 aliphatic heterocycles. The Hall–Kier alpha value is -3.18. The van der Waals surface area contributed by atoms with Crippen LogP contribution in [0.2, 0.25) is 0 Å². The summed E-state index contributed by atoms with van der Waals surface area (Å²) < 4.78 is 37.0. The molecular formula is C22H27N3O7S. The number of aryl methyl sites for hydroxylation is 1. The van der Waals surface area contributed by atoms with Gasteiger partial charge in [-0.3, -0.25) is 4.79 Å². The molecule has 0 aliphatic carbocycles. The number of esters is 2. The Balaban J connectivity index is 1.70. The number of methoxy groups -OCH3 is 1. The van der Waals surface area contributed by atoms with Crippen molar-refractivity contribution in [2.45, 2.75) is 25.7 Å². The normalized spacial score (nSPS) is 14.7. The van der Waals surface area contributed by atoms with E-state index < -0.39 is 22.0 Å². The zero-order valence-electron chi connectivity index (χ0n) is 19.0. The molecule has 0 bridgehead atoms. The van der Waals surface area contributed by atoms with Crippen LogP contribution in [0.5, 0.6) is 0 Å². The predicted octanol–water partition coefficient (Wildman–Crippen LogP) is 1.74. The van der Waals surface area contributed by atoms with Crippen molar-refractivity contribution < 1.29 is 32.3 Å². The lowest BCUT2D eigenvalue weighted by atomic mass is 10.1. The molecule has 1 saturated heterocycles. The molecule has 2 aromatic rings. The Morgan fingerprint density at radius 2 is 1.61 bits per heavy atom. The molecule has 1 aromatic heterocycles. The van der Waals surface area contributed by atoms with Crippen molar-refractivity contribution in [1.82, 2.24) is 14.2 Å². The van der Waals surface area contributed by atoms with E-state index in [1.807, 2.05) is 0 Å². The van der Waals surface area contributed by atoms with Crippen molar-refractivity contribution in [2.24, 2.45) is 0 Å². The molecular weight excluding hydrogens is 450 g/mol. The van der Waals surface area contributed by atoms with Crippen molar-refractivity contribution in [2.75, 3.05) is 39.9 Å². The van der Waals surface area contributed by atoms with Crippen LogP contribution in [-0.2, 0) is 19.5 Å². The fourth-order valence-electron chi connectivity index (χ4n) is 3.79. The van der Waals surface area contributed by atoms with Gasteiger partial charge in [0.25, 0.3) is 5.91 Å². The molecule has 0 atom stereocenters. The maximum atomic E-state index is 13.0. The summed E-state index contributed by atoms with van der Waals surface area (Å²) in [5.41, 5.74) is 1.93. The number of carbonyl (C=O) groups excluding carboxylic acids is 3. The minimum Gasteiger partial charge on any atom is -0.465 e. The molecule has 1 aromatic carbocycles. The van der Waals surface area contributed by atoms with Gasteiger partial charge in [0.2, 0.25) is 10.0 Å². The van der Waals surface area contributed by atoms with Crippen LogP contribution in [0.1, 0.15) is 49.4 Å². The number of hydrogen-bond acceptors (Lipinski definition) is 7. The summed E-state index contributed by atoms with van der Waals surface area (Å²) in [6.45, 7) is 5.92. The second-order valence-corrected chi connectivity index (χ2v) is 9.50. The summed E-state index contributed by atoms with van der Waals surface area (Å²) in [6.07, 6.45) is 0. The highest BCUT2D eigenvalue weighted by atomic mass is 32.2. The van der Waals surface area contributed by atoms with Crippen molar-refractivity contribution in [3.63, 3.8) is 0 Å². The molecule has 0 spiro atoms. The van der Waals surface area contributed by atoms with Gasteiger partial charge in [0.15, 0.2) is 0 Å². The van der Waals surface area contributed by atoms with E-state index in [2.05, 4.69) is 4.98 Å². The summed E-state index contributed by atoms with van der Waals surface area (Å²) in [5, 5.41) is 0. The molecule has 178 valence electrons. The fourth-order valence-corrected chi connectivity index (χ4v) is 5.21. The van der Waals surface area contributed by atoms with Crippen LogP contribution < -0.4 is 0 Å². The zero-order chi connectivity index (χ0) is 24.3. The Labute approximate surface area is 192 Å². The standard InChI is InChI=1S/C22H27N3O7S/c1-5-32-21(27)16-6-8-17(9-7-16)33(29,30)25-12-10-24(11-13-25)20(26)19-14(2)18(15(3)23-19)22(28)31-4/h6-9,23H,5,10-13H2,1-4H3. The lowest BCUT2D eigenvalue weighted by Crippen LogP contribution is -2.50. The molecule has 0 radical (unpaired) electrons. The quantitative estimate of drug-likeness (QED) is 0.628. The van der Waals surface area contributed by atoms with Crippen LogP contribution in [0.15, 0.2) is 29.2 Å². The second kappa shape index (κ2) is 9.75. The Morgan fingerprint density at radius 3 is 2.15 bits per heavy atom. The summed E-state index contributed by atoms with van der Waals surface area (Å²) >= 11 is 0. The highest BCUT2D eigenvalue weighted by molar-refractivity contribution is 7.89. The summed E-state index contributed by atoms with van der Waals surface area (Å²) in [5.74, 6) is -1.34. The lowest BCUT2D eigenvalue weighted by molar-refractivity contribution is 0.0525. The number of nitrogens with zero attached hydrogens (tertiary/aromatic N) is 2. The molecule has 1 amide bonds. The number of benzene rings is 1. The van der Waals surface area contributed by atoms with Gasteiger partial charge in [-0.25, -0.2) is 18.0 Å². The first-order chi connectivity index (χ1) is 15.6. The first-order valence-corrected chi connectivity index (χ1v) is 11.9. The average molecular weight is 478 g/mol. The topological polar surface area (TPSA) is 126 Å². The molecule has 3 rings (SSSR count). The molecule has 1 fully saturated rings. The SMILES string of the molecule is CCOC(=O)c1ccc(S(=O)(=O)N2CCN(C(=O)c3[nH]c(C)c(C(=O)OC)c3C)CC2)cc1. The molecule has 33 heavy (non-hydrogen) atoms. The molecule has 0 saturated carbocycles. The number of nitrogens with one attached hydrogen (secondary N) is 1. The number of sulfonamides is 1. The number of carbonyl (C=O) groups is 3. The van der Waals surface area contributed by atoms with Crippen molar-refractivity contribution in [3.8, 4) is 0 Å². The van der Waals surface area contributed by atoms with E-state index in [9.17, 15) is 22.8 Å². The van der Waals surface area contributed by atoms with Crippen LogP contribution in [0, 0.1) is 13.8 Å². The number of piperazine rings is 1. The Morgan fingerprint density at radius 1 is 1.00 bits per heavy atom. The third kappa shape index (κ3) is 4.79. The molecule has 1 N–H and O–H groups in total. The van der Waals surface area contributed by atoms with Crippen LogP contribution in [0.25, 0.3) is 0 Å². The lowest BCUT2D eigenvalue weighted by Gasteiger charge is -2.34. The van der Waals surface area contributed by atoms with Gasteiger partial charge in [-0.1, -0.05) is 0 Å². The van der Waals surface area contributed by atoms with E-state index in [0.29, 0.717) is 22.5 Å². The smallest absolute Gasteiger partial charge is 0.339 e. The number of H-pyrrole nitrogens is 1. The average Bonchev–Trinajstić information content (AvgIpc) is 3.12. The maximum absolute atomic E-state index is 13.0. The Kier molecular flexibility index (Phi) is 7.23. The minimum absolute atomic E-state index is 0.0638. The highest BCUT2D eigenvalue weighted by Gasteiger charge is 2.32. The second-order valence-electron chi connectivity index (χ2n) is 7.56. The number of aromatic amines is 1. The largest absolute Gasteiger partial charge is 0.465 e. The third-order valence-corrected chi connectivity index (χ3v) is 7.48. The number of ether oxygens (including phenoxy) is 2. The number of rotatable bonds is 6. The fraction of sp³-hybridized carbons (Fsp3) is 0.409. The third-order valence-electron chi connectivity index (χ3n) is 5.57. The van der Waals surface area contributed by atoms with Gasteiger partial charge in [-0.15, -0.1) is 0 Å². The van der Waals surface area contributed by atoms with Crippen LogP contribution >= 0.6 is 0 Å². The maximum Gasteiger partial charge on any atom is 0.339 e. The van der Waals surface area contributed by atoms with Crippen molar-refractivity contribution >= 4 is 27.9 Å². The van der Waals surface area contributed by atoms with Crippen molar-refractivity contribution in [3.05, 3.63) is 52.3 Å². The number of aromatic nitrogens is 1. The van der Waals surface area contributed by atoms with Gasteiger partial charge in [0.05, 0.1) is 29.7 Å². The van der Waals surface area contributed by atoms with E-state index >= 15 is 0 Å². The highest BCUT2D eigenvalue weighted by Crippen LogP contribution is 2.23. The van der Waals surface area contributed by atoms with Gasteiger partial charge in [-0.05, 0) is 50.6 Å². The summed E-state index contributed by atoms with van der Waals surface area (Å²) in [7, 11) is -2.50. The molecule has 11 heteroatoms. The van der Waals surface area contributed by atoms with E-state index in [0.717, 1.165) is 0 Å². The first-order valence-electron chi connectivity index (χ1n) is 10.5. The minimum atomic E-state index is -3.78. The summed E-state index contributed by atoms with van der Waals surface area (Å²) in [6, 6.07) is 5.58. The van der Waals surface area contributed by atoms with Crippen LogP contribution in [0.3, 0.4) is 0 Å². The van der Waals surface area contributed by atoms with E-state index in [1.165, 1.54) is 35.7 Å². The molecule has 1 aliphatic rings. The van der Waals surface area contributed by atoms with Gasteiger partial charge in [0.1, 0.15) is 5.69 Å². The van der Waals surface area contributed by atoms with E-state index in [4.69, 9.17) is 9.47 Å². The monoisotopic (exact) mass is 477 g/mol. The molecule has 0 unspecified atom stereocenters. The van der Waals surface area contributed by atoms with Crippen LogP contribution in [-0.4, -0.2) is 80.3 Å². The van der Waals surface area contributed by atoms with Gasteiger partial charge >= 0.3 is 11.9 Å². The van der Waals surface area contributed by atoms with Crippen LogP contribution in [0.4, 0.5) is 0 Å².